The van der Waals surface area contributed by atoms with Gasteiger partial charge >= 0.3 is 0 Å². The van der Waals surface area contributed by atoms with Crippen molar-refractivity contribution in [1.29, 1.82) is 0 Å². The summed E-state index contributed by atoms with van der Waals surface area (Å²) in [6.45, 7) is 14.0. The average molecular weight is 278 g/mol. The molecule has 1 unspecified atom stereocenters. The van der Waals surface area contributed by atoms with Crippen LogP contribution in [-0.2, 0) is 0 Å². The Kier molecular flexibility index (Phi) is 6.73. The summed E-state index contributed by atoms with van der Waals surface area (Å²) < 4.78 is 13.6. The molecule has 2 nitrogen and oxygen atoms in total. The Bertz CT molecular complexity index is 429. The van der Waals surface area contributed by atoms with Crippen molar-refractivity contribution in [2.75, 3.05) is 18.0 Å². The smallest absolute Gasteiger partial charge is 0.123 e. The first-order chi connectivity index (χ1) is 9.51. The molecule has 1 N–H and O–H groups in total. The van der Waals surface area contributed by atoms with E-state index in [1.54, 1.807) is 6.07 Å². The highest BCUT2D eigenvalue weighted by atomic mass is 19.1. The number of hydrogen-bond acceptors (Lipinski definition) is 2. The summed E-state index contributed by atoms with van der Waals surface area (Å²) in [6, 6.07) is 5.52. The third-order valence-electron chi connectivity index (χ3n) is 3.42. The highest BCUT2D eigenvalue weighted by Gasteiger charge is 2.17. The van der Waals surface area contributed by atoms with Crippen molar-refractivity contribution >= 4 is 5.69 Å². The van der Waals surface area contributed by atoms with Crippen LogP contribution in [0.3, 0.4) is 0 Å². The van der Waals surface area contributed by atoms with Crippen molar-refractivity contribution in [2.45, 2.75) is 46.2 Å². The fraction of sp³-hybridized carbons (Fsp3) is 0.529. The van der Waals surface area contributed by atoms with Gasteiger partial charge in [0.2, 0.25) is 0 Å². The van der Waals surface area contributed by atoms with Crippen molar-refractivity contribution in [1.82, 2.24) is 5.32 Å². The summed E-state index contributed by atoms with van der Waals surface area (Å²) in [6.07, 6.45) is 2.95. The minimum Gasteiger partial charge on any atom is -0.365 e. The summed E-state index contributed by atoms with van der Waals surface area (Å²) in [4.78, 5) is 2.24. The van der Waals surface area contributed by atoms with Crippen LogP contribution in [0.4, 0.5) is 10.1 Å². The quantitative estimate of drug-likeness (QED) is 0.714. The van der Waals surface area contributed by atoms with Gasteiger partial charge in [-0.3, -0.25) is 0 Å². The maximum atomic E-state index is 13.6. The Hall–Kier alpha value is -1.35. The van der Waals surface area contributed by atoms with Gasteiger partial charge in [-0.2, -0.15) is 0 Å². The molecule has 0 radical (unpaired) electrons. The monoisotopic (exact) mass is 278 g/mol. The van der Waals surface area contributed by atoms with Crippen LogP contribution >= 0.6 is 0 Å². The van der Waals surface area contributed by atoms with Crippen LogP contribution in [0.5, 0.6) is 0 Å². The zero-order valence-electron chi connectivity index (χ0n) is 13.1. The van der Waals surface area contributed by atoms with Crippen molar-refractivity contribution in [2.24, 2.45) is 0 Å². The van der Waals surface area contributed by atoms with Gasteiger partial charge in [0.05, 0.1) is 0 Å². The van der Waals surface area contributed by atoms with Gasteiger partial charge < -0.3 is 10.2 Å². The van der Waals surface area contributed by atoms with E-state index < -0.39 is 0 Å². The molecule has 0 saturated carbocycles. The predicted molar refractivity (Wildman–Crippen MR) is 85.8 cm³/mol. The summed E-state index contributed by atoms with van der Waals surface area (Å²) in [5.41, 5.74) is 2.09. The molecule has 1 rings (SSSR count). The largest absolute Gasteiger partial charge is 0.365 e. The van der Waals surface area contributed by atoms with E-state index in [0.29, 0.717) is 6.04 Å². The zero-order valence-corrected chi connectivity index (χ0v) is 13.1. The molecule has 0 fully saturated rings. The van der Waals surface area contributed by atoms with Crippen molar-refractivity contribution in [3.63, 3.8) is 0 Å². The van der Waals surface area contributed by atoms with E-state index in [0.717, 1.165) is 30.8 Å². The molecule has 20 heavy (non-hydrogen) atoms. The molecule has 0 aliphatic heterocycles. The molecule has 0 saturated heterocycles. The van der Waals surface area contributed by atoms with Crippen LogP contribution in [0.15, 0.2) is 30.9 Å². The Morgan fingerprint density at radius 1 is 1.35 bits per heavy atom. The van der Waals surface area contributed by atoms with Crippen molar-refractivity contribution in [3.8, 4) is 0 Å². The summed E-state index contributed by atoms with van der Waals surface area (Å²) in [5.74, 6) is -0.184. The normalized spacial score (nSPS) is 12.5. The molecule has 0 bridgehead atoms. The molecule has 0 aliphatic rings. The first-order valence-electron chi connectivity index (χ1n) is 7.41. The number of benzene rings is 1. The maximum Gasteiger partial charge on any atom is 0.123 e. The van der Waals surface area contributed by atoms with Gasteiger partial charge in [0.25, 0.3) is 0 Å². The van der Waals surface area contributed by atoms with Gasteiger partial charge in [0.1, 0.15) is 5.82 Å². The Labute approximate surface area is 122 Å². The highest BCUT2D eigenvalue weighted by molar-refractivity contribution is 5.56. The second-order valence-corrected chi connectivity index (χ2v) is 5.41. The molecule has 1 aromatic rings. The maximum absolute atomic E-state index is 13.6. The van der Waals surface area contributed by atoms with Crippen LogP contribution < -0.4 is 10.2 Å². The molecular formula is C17H27FN2. The topological polar surface area (TPSA) is 15.3 Å². The van der Waals surface area contributed by atoms with Gasteiger partial charge in [0.15, 0.2) is 0 Å². The SMILES string of the molecule is C=CCN(c1ccc(F)cc1C(C)NCCC)C(C)C. The first-order valence-corrected chi connectivity index (χ1v) is 7.41. The molecule has 0 aromatic heterocycles. The number of anilines is 1. The minimum atomic E-state index is -0.184. The zero-order chi connectivity index (χ0) is 15.1. The second-order valence-electron chi connectivity index (χ2n) is 5.41. The lowest BCUT2D eigenvalue weighted by atomic mass is 10.0. The molecule has 0 aliphatic carbocycles. The Morgan fingerprint density at radius 2 is 2.05 bits per heavy atom. The number of nitrogens with one attached hydrogen (secondary N) is 1. The van der Waals surface area contributed by atoms with Crippen molar-refractivity contribution in [3.05, 3.63) is 42.2 Å². The van der Waals surface area contributed by atoms with E-state index in [4.69, 9.17) is 0 Å². The van der Waals surface area contributed by atoms with E-state index in [-0.39, 0.29) is 11.9 Å². The molecule has 0 spiro atoms. The van der Waals surface area contributed by atoms with Crippen molar-refractivity contribution < 1.29 is 4.39 Å². The number of hydrogen-bond donors (Lipinski definition) is 1. The summed E-state index contributed by atoms with van der Waals surface area (Å²) >= 11 is 0. The van der Waals surface area contributed by atoms with E-state index in [9.17, 15) is 4.39 Å². The molecule has 1 atom stereocenters. The second kappa shape index (κ2) is 8.05. The lowest BCUT2D eigenvalue weighted by Crippen LogP contribution is -2.33. The predicted octanol–water partition coefficient (Wildman–Crippen LogP) is 4.29. The van der Waals surface area contributed by atoms with Crippen LogP contribution in [0.2, 0.25) is 0 Å². The van der Waals surface area contributed by atoms with Gasteiger partial charge in [-0.1, -0.05) is 13.0 Å². The van der Waals surface area contributed by atoms with E-state index >= 15 is 0 Å². The van der Waals surface area contributed by atoms with Crippen LogP contribution in [0, 0.1) is 5.82 Å². The first kappa shape index (κ1) is 16.7. The summed E-state index contributed by atoms with van der Waals surface area (Å²) in [7, 11) is 0. The third-order valence-corrected chi connectivity index (χ3v) is 3.42. The van der Waals surface area contributed by atoms with Gasteiger partial charge in [-0.25, -0.2) is 4.39 Å². The molecule has 112 valence electrons. The van der Waals surface area contributed by atoms with E-state index in [1.807, 2.05) is 12.1 Å². The Morgan fingerprint density at radius 3 is 2.60 bits per heavy atom. The van der Waals surface area contributed by atoms with Gasteiger partial charge in [-0.05, 0) is 57.5 Å². The summed E-state index contributed by atoms with van der Waals surface area (Å²) in [5, 5.41) is 3.43. The van der Waals surface area contributed by atoms with Gasteiger partial charge in [0, 0.05) is 24.3 Å². The molecule has 1 aromatic carbocycles. The van der Waals surface area contributed by atoms with Gasteiger partial charge in [-0.15, -0.1) is 6.58 Å². The lowest BCUT2D eigenvalue weighted by Gasteiger charge is -2.31. The average Bonchev–Trinajstić information content (AvgIpc) is 2.42. The fourth-order valence-electron chi connectivity index (χ4n) is 2.33. The molecule has 3 heteroatoms. The van der Waals surface area contributed by atoms with Crippen LogP contribution in [0.1, 0.15) is 45.7 Å². The standard InChI is InChI=1S/C17H27FN2/c1-6-10-19-14(5)16-12-15(18)8-9-17(16)20(11-7-2)13(3)4/h7-9,12-14,19H,2,6,10-11H2,1,3-5H3. The number of halogens is 1. The minimum absolute atomic E-state index is 0.131. The third kappa shape index (κ3) is 4.34. The number of nitrogens with zero attached hydrogens (tertiary/aromatic N) is 1. The molecule has 0 amide bonds. The molecular weight excluding hydrogens is 251 g/mol. The van der Waals surface area contributed by atoms with E-state index in [1.165, 1.54) is 6.07 Å². The lowest BCUT2D eigenvalue weighted by molar-refractivity contribution is 0.559. The Balaban J connectivity index is 3.13. The molecule has 0 heterocycles. The van der Waals surface area contributed by atoms with Crippen LogP contribution in [0.25, 0.3) is 0 Å². The number of rotatable bonds is 8. The van der Waals surface area contributed by atoms with Crippen LogP contribution in [-0.4, -0.2) is 19.1 Å². The fourth-order valence-corrected chi connectivity index (χ4v) is 2.33. The van der Waals surface area contributed by atoms with E-state index in [2.05, 4.69) is 44.5 Å². The highest BCUT2D eigenvalue weighted by Crippen LogP contribution is 2.28.